The molecule has 9 heteroatoms. The van der Waals surface area contributed by atoms with Crippen LogP contribution in [0.4, 0.5) is 20.4 Å². The number of nitrogens with zero attached hydrogens (tertiary/aromatic N) is 3. The minimum Gasteiger partial charge on any atom is -0.303 e. The minimum atomic E-state index is -2.73. The monoisotopic (exact) mass is 476 g/mol. The highest BCUT2D eigenvalue weighted by Crippen LogP contribution is 2.59. The Morgan fingerprint density at radius 2 is 1.88 bits per heavy atom. The zero-order valence-electron chi connectivity index (χ0n) is 18.9. The number of amides is 2. The Kier molecular flexibility index (Phi) is 5.93. The van der Waals surface area contributed by atoms with Crippen LogP contribution in [0.2, 0.25) is 5.02 Å². The van der Waals surface area contributed by atoms with Gasteiger partial charge in [-0.2, -0.15) is 0 Å². The molecule has 1 aliphatic heterocycles. The maximum absolute atomic E-state index is 14.0. The number of aryl methyl sites for hydroxylation is 1. The lowest BCUT2D eigenvalue weighted by Gasteiger charge is -2.48. The molecule has 2 aliphatic rings. The van der Waals surface area contributed by atoms with Gasteiger partial charge in [0.25, 0.3) is 0 Å². The topological polar surface area (TPSA) is 75.2 Å². The molecule has 0 bridgehead atoms. The zero-order chi connectivity index (χ0) is 24.0. The molecular formula is C24H27ClF2N4O2. The molecule has 0 atom stereocenters. The van der Waals surface area contributed by atoms with E-state index in [1.807, 2.05) is 32.0 Å². The third-order valence-corrected chi connectivity index (χ3v) is 7.36. The lowest BCUT2D eigenvalue weighted by Crippen LogP contribution is -2.57. The molecule has 4 rings (SSSR count). The van der Waals surface area contributed by atoms with Crippen molar-refractivity contribution < 1.29 is 18.4 Å². The average molecular weight is 477 g/mol. The summed E-state index contributed by atoms with van der Waals surface area (Å²) in [5, 5.41) is 3.33. The lowest BCUT2D eigenvalue weighted by atomic mass is 9.62. The maximum atomic E-state index is 14.0. The second-order valence-electron chi connectivity index (χ2n) is 9.46. The summed E-state index contributed by atoms with van der Waals surface area (Å²) in [7, 11) is 0. The van der Waals surface area contributed by atoms with Crippen molar-refractivity contribution in [3.63, 3.8) is 0 Å². The summed E-state index contributed by atoms with van der Waals surface area (Å²) in [6.07, 6.45) is 2.08. The Hall–Kier alpha value is -2.61. The van der Waals surface area contributed by atoms with E-state index in [1.165, 1.54) is 13.1 Å². The standard InChI is InChI=1S/C24H27ClF2N4O2/c1-15(32)31-18-14-28-21(29-19(33)8-7-16-5-4-6-17(25)13-16)30-20(18)23(22(31,2)3)9-11-24(26,27)12-10-23/h4-6,13-14H,7-12H2,1-3H3,(H,28,29,30,33). The Bertz CT molecular complexity index is 1100. The van der Waals surface area contributed by atoms with Gasteiger partial charge in [0.2, 0.25) is 23.7 Å². The quantitative estimate of drug-likeness (QED) is 0.650. The third kappa shape index (κ3) is 4.21. The van der Waals surface area contributed by atoms with Gasteiger partial charge in [0.15, 0.2) is 0 Å². The average Bonchev–Trinajstić information content (AvgIpc) is 2.92. The van der Waals surface area contributed by atoms with Gasteiger partial charge < -0.3 is 4.90 Å². The summed E-state index contributed by atoms with van der Waals surface area (Å²) in [4.78, 5) is 35.5. The van der Waals surface area contributed by atoms with Crippen molar-refractivity contribution in [2.75, 3.05) is 10.2 Å². The van der Waals surface area contributed by atoms with E-state index in [0.717, 1.165) is 5.56 Å². The Labute approximate surface area is 196 Å². The Morgan fingerprint density at radius 3 is 2.52 bits per heavy atom. The highest BCUT2D eigenvalue weighted by Gasteiger charge is 2.61. The molecule has 1 spiro atoms. The molecule has 0 unspecified atom stereocenters. The summed E-state index contributed by atoms with van der Waals surface area (Å²) in [6.45, 7) is 5.24. The molecule has 2 amide bonds. The fourth-order valence-electron chi connectivity index (χ4n) is 5.35. The van der Waals surface area contributed by atoms with Crippen LogP contribution in [-0.2, 0) is 21.4 Å². The Morgan fingerprint density at radius 1 is 1.18 bits per heavy atom. The van der Waals surface area contributed by atoms with Gasteiger partial charge in [-0.3, -0.25) is 14.9 Å². The van der Waals surface area contributed by atoms with Gasteiger partial charge in [0, 0.05) is 36.6 Å². The second kappa shape index (κ2) is 8.31. The van der Waals surface area contributed by atoms with Crippen LogP contribution in [0.5, 0.6) is 0 Å². The molecule has 1 fully saturated rings. The van der Waals surface area contributed by atoms with Crippen molar-refractivity contribution in [3.05, 3.63) is 46.7 Å². The summed E-state index contributed by atoms with van der Waals surface area (Å²) in [6, 6.07) is 7.30. The van der Waals surface area contributed by atoms with Crippen LogP contribution in [0.25, 0.3) is 0 Å². The van der Waals surface area contributed by atoms with Gasteiger partial charge in [-0.1, -0.05) is 23.7 Å². The molecule has 0 radical (unpaired) electrons. The molecule has 1 saturated carbocycles. The van der Waals surface area contributed by atoms with E-state index in [1.54, 1.807) is 11.0 Å². The van der Waals surface area contributed by atoms with Gasteiger partial charge in [-0.15, -0.1) is 0 Å². The zero-order valence-corrected chi connectivity index (χ0v) is 19.7. The molecule has 1 aromatic heterocycles. The van der Waals surface area contributed by atoms with Gasteiger partial charge in [-0.05, 0) is 50.8 Å². The SMILES string of the molecule is CC(=O)N1c2cnc(NC(=O)CCc3cccc(Cl)c3)nc2C2(CCC(F)(F)CC2)C1(C)C. The first-order valence-corrected chi connectivity index (χ1v) is 11.4. The van der Waals surface area contributed by atoms with Crippen LogP contribution in [-0.4, -0.2) is 33.2 Å². The summed E-state index contributed by atoms with van der Waals surface area (Å²) < 4.78 is 28.1. The molecular weight excluding hydrogens is 450 g/mol. The second-order valence-corrected chi connectivity index (χ2v) is 9.89. The van der Waals surface area contributed by atoms with Gasteiger partial charge in [0.05, 0.1) is 23.1 Å². The van der Waals surface area contributed by atoms with Crippen LogP contribution in [0.15, 0.2) is 30.5 Å². The lowest BCUT2D eigenvalue weighted by molar-refractivity contribution is -0.118. The first-order valence-electron chi connectivity index (χ1n) is 11.1. The van der Waals surface area contributed by atoms with Crippen LogP contribution >= 0.6 is 11.6 Å². The summed E-state index contributed by atoms with van der Waals surface area (Å²) >= 11 is 5.99. The van der Waals surface area contributed by atoms with E-state index in [0.29, 0.717) is 22.8 Å². The number of alkyl halides is 2. The van der Waals surface area contributed by atoms with Crippen LogP contribution in [0.3, 0.4) is 0 Å². The third-order valence-electron chi connectivity index (χ3n) is 7.12. The number of hydrogen-bond donors (Lipinski definition) is 1. The molecule has 2 heterocycles. The molecule has 6 nitrogen and oxygen atoms in total. The van der Waals surface area contributed by atoms with Crippen molar-refractivity contribution in [1.82, 2.24) is 9.97 Å². The number of anilines is 2. The summed E-state index contributed by atoms with van der Waals surface area (Å²) in [5.74, 6) is -3.07. The number of fused-ring (bicyclic) bond motifs is 2. The van der Waals surface area contributed by atoms with Crippen molar-refractivity contribution in [2.24, 2.45) is 0 Å². The van der Waals surface area contributed by atoms with E-state index in [-0.39, 0.29) is 49.9 Å². The molecule has 33 heavy (non-hydrogen) atoms. The summed E-state index contributed by atoms with van der Waals surface area (Å²) in [5.41, 5.74) is 0.530. The number of carbonyl (C=O) groups excluding carboxylic acids is 2. The molecule has 1 aliphatic carbocycles. The predicted molar refractivity (Wildman–Crippen MR) is 123 cm³/mol. The first kappa shape index (κ1) is 23.5. The highest BCUT2D eigenvalue weighted by atomic mass is 35.5. The normalized spacial score (nSPS) is 19.9. The number of halogens is 3. The van der Waals surface area contributed by atoms with Crippen molar-refractivity contribution in [1.29, 1.82) is 0 Å². The molecule has 1 aromatic carbocycles. The van der Waals surface area contributed by atoms with Crippen LogP contribution in [0, 0.1) is 0 Å². The van der Waals surface area contributed by atoms with E-state index in [9.17, 15) is 18.4 Å². The number of nitrogens with one attached hydrogen (secondary N) is 1. The highest BCUT2D eigenvalue weighted by molar-refractivity contribution is 6.30. The first-order chi connectivity index (χ1) is 15.4. The number of carbonyl (C=O) groups is 2. The molecule has 2 aromatic rings. The van der Waals surface area contributed by atoms with Crippen molar-refractivity contribution >= 4 is 35.1 Å². The minimum absolute atomic E-state index is 0.114. The molecule has 0 saturated heterocycles. The van der Waals surface area contributed by atoms with Crippen molar-refractivity contribution in [2.45, 2.75) is 76.2 Å². The van der Waals surface area contributed by atoms with E-state index in [4.69, 9.17) is 11.6 Å². The largest absolute Gasteiger partial charge is 0.303 e. The number of benzene rings is 1. The fourth-order valence-corrected chi connectivity index (χ4v) is 5.56. The van der Waals surface area contributed by atoms with E-state index < -0.39 is 16.9 Å². The van der Waals surface area contributed by atoms with Gasteiger partial charge >= 0.3 is 0 Å². The van der Waals surface area contributed by atoms with Crippen molar-refractivity contribution in [3.8, 4) is 0 Å². The number of hydrogen-bond acceptors (Lipinski definition) is 4. The number of aromatic nitrogens is 2. The van der Waals surface area contributed by atoms with Crippen LogP contribution in [0.1, 0.15) is 64.1 Å². The number of rotatable bonds is 4. The van der Waals surface area contributed by atoms with E-state index in [2.05, 4.69) is 15.3 Å². The fraction of sp³-hybridized carbons (Fsp3) is 0.500. The van der Waals surface area contributed by atoms with E-state index >= 15 is 0 Å². The Balaban J connectivity index is 1.60. The maximum Gasteiger partial charge on any atom is 0.248 e. The van der Waals surface area contributed by atoms with Gasteiger partial charge in [-0.25, -0.2) is 18.7 Å². The predicted octanol–water partition coefficient (Wildman–Crippen LogP) is 5.29. The van der Waals surface area contributed by atoms with Gasteiger partial charge in [0.1, 0.15) is 0 Å². The van der Waals surface area contributed by atoms with Crippen LogP contribution < -0.4 is 10.2 Å². The molecule has 1 N–H and O–H groups in total. The molecule has 176 valence electrons. The smallest absolute Gasteiger partial charge is 0.248 e.